The van der Waals surface area contributed by atoms with E-state index in [9.17, 15) is 17.6 Å². The topological polar surface area (TPSA) is 89.3 Å². The van der Waals surface area contributed by atoms with Gasteiger partial charge in [0.1, 0.15) is 5.82 Å². The fourth-order valence-electron chi connectivity index (χ4n) is 1.98. The Morgan fingerprint density at radius 3 is 2.35 bits per heavy atom. The standard InChI is InChI=1S/C15H14ClFN2O3S/c1-9(10-2-5-12(6-3-10)23(18,21)22)19-15(20)13-7-4-11(16)8-14(13)17/h2-9H,1H3,(H,19,20)(H2,18,21,22)/t9-/m1/s1. The minimum absolute atomic E-state index is 0.0245. The molecule has 0 radical (unpaired) electrons. The number of hydrogen-bond donors (Lipinski definition) is 2. The number of benzene rings is 2. The van der Waals surface area contributed by atoms with Crippen LogP contribution in [-0.2, 0) is 10.0 Å². The van der Waals surface area contributed by atoms with Gasteiger partial charge < -0.3 is 5.32 Å². The van der Waals surface area contributed by atoms with Gasteiger partial charge >= 0.3 is 0 Å². The van der Waals surface area contributed by atoms with E-state index in [1.54, 1.807) is 6.92 Å². The van der Waals surface area contributed by atoms with E-state index in [1.807, 2.05) is 0 Å². The molecule has 0 bridgehead atoms. The lowest BCUT2D eigenvalue weighted by molar-refractivity contribution is 0.0936. The van der Waals surface area contributed by atoms with Crippen LogP contribution in [0.15, 0.2) is 47.4 Å². The van der Waals surface area contributed by atoms with Crippen LogP contribution in [-0.4, -0.2) is 14.3 Å². The summed E-state index contributed by atoms with van der Waals surface area (Å²) in [7, 11) is -3.77. The molecule has 122 valence electrons. The summed E-state index contributed by atoms with van der Waals surface area (Å²) >= 11 is 5.64. The molecule has 2 aromatic carbocycles. The Bertz CT molecular complexity index is 838. The highest BCUT2D eigenvalue weighted by molar-refractivity contribution is 7.89. The Morgan fingerprint density at radius 2 is 1.83 bits per heavy atom. The molecule has 0 aliphatic rings. The van der Waals surface area contributed by atoms with E-state index in [1.165, 1.54) is 36.4 Å². The van der Waals surface area contributed by atoms with Crippen molar-refractivity contribution < 1.29 is 17.6 Å². The number of carbonyl (C=O) groups is 1. The van der Waals surface area contributed by atoms with Crippen molar-refractivity contribution in [3.8, 4) is 0 Å². The van der Waals surface area contributed by atoms with Crippen LogP contribution in [0.3, 0.4) is 0 Å². The summed E-state index contributed by atoms with van der Waals surface area (Å²) in [5.41, 5.74) is 0.530. The molecule has 5 nitrogen and oxygen atoms in total. The van der Waals surface area contributed by atoms with Crippen molar-refractivity contribution in [1.29, 1.82) is 0 Å². The molecular weight excluding hydrogens is 343 g/mol. The van der Waals surface area contributed by atoms with Gasteiger partial charge in [0, 0.05) is 5.02 Å². The van der Waals surface area contributed by atoms with Crippen LogP contribution in [0, 0.1) is 5.82 Å². The highest BCUT2D eigenvalue weighted by Crippen LogP contribution is 2.18. The van der Waals surface area contributed by atoms with Crippen LogP contribution in [0.4, 0.5) is 4.39 Å². The van der Waals surface area contributed by atoms with Gasteiger partial charge in [0.05, 0.1) is 16.5 Å². The zero-order valence-electron chi connectivity index (χ0n) is 12.1. The number of hydrogen-bond acceptors (Lipinski definition) is 3. The van der Waals surface area contributed by atoms with Gasteiger partial charge in [-0.15, -0.1) is 0 Å². The van der Waals surface area contributed by atoms with Crippen LogP contribution in [0.1, 0.15) is 28.9 Å². The SMILES string of the molecule is C[C@@H](NC(=O)c1ccc(Cl)cc1F)c1ccc(S(N)(=O)=O)cc1. The fourth-order valence-corrected chi connectivity index (χ4v) is 2.65. The molecule has 0 aromatic heterocycles. The molecule has 0 fully saturated rings. The summed E-state index contributed by atoms with van der Waals surface area (Å²) in [5, 5.41) is 7.85. The predicted molar refractivity (Wildman–Crippen MR) is 85.1 cm³/mol. The molecule has 2 aromatic rings. The summed E-state index contributed by atoms with van der Waals surface area (Å²) in [4.78, 5) is 12.1. The van der Waals surface area contributed by atoms with E-state index >= 15 is 0 Å². The van der Waals surface area contributed by atoms with Crippen molar-refractivity contribution >= 4 is 27.5 Å². The number of carbonyl (C=O) groups excluding carboxylic acids is 1. The Morgan fingerprint density at radius 1 is 1.22 bits per heavy atom. The average molecular weight is 357 g/mol. The maximum absolute atomic E-state index is 13.7. The number of halogens is 2. The molecule has 1 amide bonds. The monoisotopic (exact) mass is 356 g/mol. The molecule has 0 unspecified atom stereocenters. The smallest absolute Gasteiger partial charge is 0.254 e. The molecule has 0 heterocycles. The van der Waals surface area contributed by atoms with Crippen LogP contribution in [0.2, 0.25) is 5.02 Å². The van der Waals surface area contributed by atoms with Gasteiger partial charge in [-0.2, -0.15) is 0 Å². The second-order valence-corrected chi connectivity index (χ2v) is 6.93. The Labute approximate surface area is 138 Å². The van der Waals surface area contributed by atoms with Crippen LogP contribution in [0.25, 0.3) is 0 Å². The second-order valence-electron chi connectivity index (χ2n) is 4.93. The van der Waals surface area contributed by atoms with Crippen molar-refractivity contribution in [1.82, 2.24) is 5.32 Å². The van der Waals surface area contributed by atoms with Crippen molar-refractivity contribution in [2.75, 3.05) is 0 Å². The zero-order valence-corrected chi connectivity index (χ0v) is 13.7. The van der Waals surface area contributed by atoms with Crippen molar-refractivity contribution in [3.63, 3.8) is 0 Å². The van der Waals surface area contributed by atoms with Crippen molar-refractivity contribution in [3.05, 3.63) is 64.4 Å². The number of rotatable bonds is 4. The van der Waals surface area contributed by atoms with Crippen LogP contribution >= 0.6 is 11.6 Å². The second kappa shape index (κ2) is 6.66. The summed E-state index contributed by atoms with van der Waals surface area (Å²) in [5.74, 6) is -1.31. The number of sulfonamides is 1. The first-order valence-electron chi connectivity index (χ1n) is 6.57. The molecule has 23 heavy (non-hydrogen) atoms. The van der Waals surface area contributed by atoms with Gasteiger partial charge in [-0.1, -0.05) is 23.7 Å². The normalized spacial score (nSPS) is 12.7. The number of primary sulfonamides is 1. The van der Waals surface area contributed by atoms with Gasteiger partial charge in [-0.05, 0) is 42.8 Å². The van der Waals surface area contributed by atoms with E-state index in [4.69, 9.17) is 16.7 Å². The third kappa shape index (κ3) is 4.28. The van der Waals surface area contributed by atoms with E-state index in [-0.39, 0.29) is 15.5 Å². The summed E-state index contributed by atoms with van der Waals surface area (Å²) in [6, 6.07) is 9.07. The first-order valence-corrected chi connectivity index (χ1v) is 8.49. The van der Waals surface area contributed by atoms with E-state index < -0.39 is 27.8 Å². The quantitative estimate of drug-likeness (QED) is 0.882. The van der Waals surface area contributed by atoms with Gasteiger partial charge in [0.25, 0.3) is 5.91 Å². The maximum atomic E-state index is 13.7. The van der Waals surface area contributed by atoms with E-state index in [0.29, 0.717) is 5.56 Å². The minimum Gasteiger partial charge on any atom is -0.345 e. The molecule has 8 heteroatoms. The van der Waals surface area contributed by atoms with E-state index in [0.717, 1.165) is 6.07 Å². The van der Waals surface area contributed by atoms with Gasteiger partial charge in [-0.3, -0.25) is 4.79 Å². The third-order valence-electron chi connectivity index (χ3n) is 3.23. The molecule has 0 aliphatic carbocycles. The summed E-state index contributed by atoms with van der Waals surface area (Å²) < 4.78 is 36.1. The summed E-state index contributed by atoms with van der Waals surface area (Å²) in [6.07, 6.45) is 0. The lowest BCUT2D eigenvalue weighted by Crippen LogP contribution is -2.27. The largest absolute Gasteiger partial charge is 0.345 e. The Balaban J connectivity index is 2.15. The minimum atomic E-state index is -3.77. The molecule has 0 saturated heterocycles. The Kier molecular flexibility index (Phi) is 5.03. The molecule has 0 spiro atoms. The molecule has 1 atom stereocenters. The van der Waals surface area contributed by atoms with Crippen molar-refractivity contribution in [2.24, 2.45) is 5.14 Å². The lowest BCUT2D eigenvalue weighted by Gasteiger charge is -2.15. The average Bonchev–Trinajstić information content (AvgIpc) is 2.46. The molecule has 3 N–H and O–H groups in total. The lowest BCUT2D eigenvalue weighted by atomic mass is 10.1. The van der Waals surface area contributed by atoms with Crippen LogP contribution in [0.5, 0.6) is 0 Å². The number of amides is 1. The number of nitrogens with one attached hydrogen (secondary N) is 1. The maximum Gasteiger partial charge on any atom is 0.254 e. The van der Waals surface area contributed by atoms with E-state index in [2.05, 4.69) is 5.32 Å². The molecular formula is C15H14ClFN2O3S. The third-order valence-corrected chi connectivity index (χ3v) is 4.40. The fraction of sp³-hybridized carbons (Fsp3) is 0.133. The van der Waals surface area contributed by atoms with Gasteiger partial charge in [-0.25, -0.2) is 17.9 Å². The van der Waals surface area contributed by atoms with Crippen LogP contribution < -0.4 is 10.5 Å². The zero-order chi connectivity index (χ0) is 17.2. The first-order chi connectivity index (χ1) is 10.7. The van der Waals surface area contributed by atoms with Gasteiger partial charge in [0.2, 0.25) is 10.0 Å². The van der Waals surface area contributed by atoms with Crippen molar-refractivity contribution in [2.45, 2.75) is 17.9 Å². The molecule has 0 saturated carbocycles. The number of nitrogens with two attached hydrogens (primary N) is 1. The highest BCUT2D eigenvalue weighted by Gasteiger charge is 2.16. The molecule has 0 aliphatic heterocycles. The molecule has 2 rings (SSSR count). The summed E-state index contributed by atoms with van der Waals surface area (Å²) in [6.45, 7) is 1.69. The Hall–Kier alpha value is -1.96. The van der Waals surface area contributed by atoms with Gasteiger partial charge in [0.15, 0.2) is 0 Å². The highest BCUT2D eigenvalue weighted by atomic mass is 35.5. The first kappa shape index (κ1) is 17.4. The predicted octanol–water partition coefficient (Wildman–Crippen LogP) is 2.62.